The Morgan fingerprint density at radius 3 is 2.72 bits per heavy atom. The molecule has 0 aromatic carbocycles. The number of hydrogen-bond donors (Lipinski definition) is 2. The first-order chi connectivity index (χ1) is 8.31. The Morgan fingerprint density at radius 2 is 2.22 bits per heavy atom. The van der Waals surface area contributed by atoms with E-state index in [0.29, 0.717) is 0 Å². The Kier molecular flexibility index (Phi) is 4.25. The summed E-state index contributed by atoms with van der Waals surface area (Å²) >= 11 is 0. The van der Waals surface area contributed by atoms with E-state index in [-0.39, 0.29) is 12.5 Å². The van der Waals surface area contributed by atoms with Gasteiger partial charge in [-0.1, -0.05) is 0 Å². The van der Waals surface area contributed by atoms with E-state index < -0.39 is 11.4 Å². The zero-order valence-corrected chi connectivity index (χ0v) is 10.7. The maximum Gasteiger partial charge on any atom is 0.310 e. The molecule has 18 heavy (non-hydrogen) atoms. The van der Waals surface area contributed by atoms with E-state index in [0.717, 1.165) is 5.56 Å². The highest BCUT2D eigenvalue weighted by molar-refractivity contribution is 5.92. The molecule has 1 aromatic heterocycles. The number of aliphatic carboxylic acids is 1. The quantitative estimate of drug-likeness (QED) is 0.753. The lowest BCUT2D eigenvalue weighted by Crippen LogP contribution is -2.38. The topological polar surface area (TPSA) is 84.2 Å². The van der Waals surface area contributed by atoms with Crippen molar-refractivity contribution >= 4 is 18.0 Å². The third-order valence-electron chi connectivity index (χ3n) is 2.44. The third kappa shape index (κ3) is 4.04. The van der Waals surface area contributed by atoms with E-state index >= 15 is 0 Å². The van der Waals surface area contributed by atoms with Crippen LogP contribution in [0, 0.1) is 5.41 Å². The van der Waals surface area contributed by atoms with Crippen molar-refractivity contribution in [3.8, 4) is 0 Å². The van der Waals surface area contributed by atoms with Crippen LogP contribution in [0.1, 0.15) is 19.4 Å². The summed E-state index contributed by atoms with van der Waals surface area (Å²) in [6, 6.07) is 0. The van der Waals surface area contributed by atoms with Crippen LogP contribution in [-0.2, 0) is 16.6 Å². The van der Waals surface area contributed by atoms with E-state index in [4.69, 9.17) is 5.11 Å². The SMILES string of the molecule is Cn1cc(/C=C/C(=O)NCC(C)(C)C(=O)O)cn1. The molecule has 0 saturated carbocycles. The van der Waals surface area contributed by atoms with E-state index in [1.54, 1.807) is 44.0 Å². The van der Waals surface area contributed by atoms with Gasteiger partial charge in [0, 0.05) is 31.4 Å². The normalized spacial score (nSPS) is 11.7. The fourth-order valence-electron chi connectivity index (χ4n) is 1.14. The second-order valence-corrected chi connectivity index (χ2v) is 4.69. The van der Waals surface area contributed by atoms with Crippen LogP contribution in [0.15, 0.2) is 18.5 Å². The van der Waals surface area contributed by atoms with Crippen LogP contribution in [0.4, 0.5) is 0 Å². The number of carboxylic acid groups (broad SMARTS) is 1. The number of carbonyl (C=O) groups excluding carboxylic acids is 1. The Bertz CT molecular complexity index is 475. The highest BCUT2D eigenvalue weighted by Gasteiger charge is 2.27. The van der Waals surface area contributed by atoms with Crippen molar-refractivity contribution in [1.29, 1.82) is 0 Å². The first-order valence-electron chi connectivity index (χ1n) is 5.49. The average Bonchev–Trinajstić information content (AvgIpc) is 2.69. The molecule has 0 bridgehead atoms. The molecule has 0 aliphatic carbocycles. The second-order valence-electron chi connectivity index (χ2n) is 4.69. The molecule has 2 N–H and O–H groups in total. The van der Waals surface area contributed by atoms with Gasteiger partial charge in [0.25, 0.3) is 0 Å². The standard InChI is InChI=1S/C12H17N3O3/c1-12(2,11(17)18)8-13-10(16)5-4-9-6-14-15(3)7-9/h4-7H,8H2,1-3H3,(H,13,16)(H,17,18)/b5-4+. The van der Waals surface area contributed by atoms with Crippen molar-refractivity contribution < 1.29 is 14.7 Å². The molecular weight excluding hydrogens is 234 g/mol. The van der Waals surface area contributed by atoms with Gasteiger partial charge in [-0.05, 0) is 19.9 Å². The largest absolute Gasteiger partial charge is 0.481 e. The van der Waals surface area contributed by atoms with Crippen LogP contribution < -0.4 is 5.32 Å². The molecule has 1 rings (SSSR count). The molecule has 1 amide bonds. The number of aryl methyl sites for hydroxylation is 1. The van der Waals surface area contributed by atoms with Crippen molar-refractivity contribution in [1.82, 2.24) is 15.1 Å². The number of carbonyl (C=O) groups is 2. The van der Waals surface area contributed by atoms with Crippen LogP contribution in [0.3, 0.4) is 0 Å². The minimum atomic E-state index is -0.974. The van der Waals surface area contributed by atoms with Gasteiger partial charge in [0.05, 0.1) is 11.6 Å². The highest BCUT2D eigenvalue weighted by Crippen LogP contribution is 2.12. The Hall–Kier alpha value is -2.11. The lowest BCUT2D eigenvalue weighted by Gasteiger charge is -2.18. The molecule has 6 nitrogen and oxygen atoms in total. The van der Waals surface area contributed by atoms with E-state index in [1.165, 1.54) is 6.08 Å². The van der Waals surface area contributed by atoms with Crippen LogP contribution in [0.25, 0.3) is 6.08 Å². The van der Waals surface area contributed by atoms with Crippen LogP contribution >= 0.6 is 0 Å². The third-order valence-corrected chi connectivity index (χ3v) is 2.44. The summed E-state index contributed by atoms with van der Waals surface area (Å²) in [7, 11) is 1.78. The second kappa shape index (κ2) is 5.48. The average molecular weight is 251 g/mol. The number of carboxylic acids is 1. The van der Waals surface area contributed by atoms with Crippen molar-refractivity contribution in [3.63, 3.8) is 0 Å². The van der Waals surface area contributed by atoms with E-state index in [9.17, 15) is 9.59 Å². The molecule has 0 aliphatic heterocycles. The molecule has 1 aromatic rings. The Morgan fingerprint density at radius 1 is 1.56 bits per heavy atom. The van der Waals surface area contributed by atoms with E-state index in [2.05, 4.69) is 10.4 Å². The predicted octanol–water partition coefficient (Wildman–Crippen LogP) is 0.660. The van der Waals surface area contributed by atoms with Crippen molar-refractivity contribution in [3.05, 3.63) is 24.0 Å². The number of amides is 1. The number of nitrogens with one attached hydrogen (secondary N) is 1. The Balaban J connectivity index is 2.48. The monoisotopic (exact) mass is 251 g/mol. The number of aromatic nitrogens is 2. The van der Waals surface area contributed by atoms with Gasteiger partial charge in [-0.15, -0.1) is 0 Å². The molecule has 0 spiro atoms. The first-order valence-corrected chi connectivity index (χ1v) is 5.49. The van der Waals surface area contributed by atoms with Gasteiger partial charge in [-0.3, -0.25) is 14.3 Å². The summed E-state index contributed by atoms with van der Waals surface area (Å²) in [6.45, 7) is 3.19. The summed E-state index contributed by atoms with van der Waals surface area (Å²) < 4.78 is 1.63. The van der Waals surface area contributed by atoms with E-state index in [1.807, 2.05) is 0 Å². The summed E-state index contributed by atoms with van der Waals surface area (Å²) in [5, 5.41) is 15.4. The van der Waals surface area contributed by atoms with Crippen molar-refractivity contribution in [2.24, 2.45) is 12.5 Å². The van der Waals surface area contributed by atoms with Gasteiger partial charge in [0.15, 0.2) is 0 Å². The van der Waals surface area contributed by atoms with Crippen LogP contribution in [0.2, 0.25) is 0 Å². The van der Waals surface area contributed by atoms with Gasteiger partial charge < -0.3 is 10.4 Å². The molecule has 1 heterocycles. The van der Waals surface area contributed by atoms with Gasteiger partial charge in [0.1, 0.15) is 0 Å². The summed E-state index contributed by atoms with van der Waals surface area (Å²) in [4.78, 5) is 22.3. The fraction of sp³-hybridized carbons (Fsp3) is 0.417. The molecule has 0 fully saturated rings. The summed E-state index contributed by atoms with van der Waals surface area (Å²) in [6.07, 6.45) is 6.38. The zero-order valence-electron chi connectivity index (χ0n) is 10.7. The van der Waals surface area contributed by atoms with Gasteiger partial charge in [-0.25, -0.2) is 0 Å². The van der Waals surface area contributed by atoms with Crippen molar-refractivity contribution in [2.45, 2.75) is 13.8 Å². The number of nitrogens with zero attached hydrogens (tertiary/aromatic N) is 2. The number of hydrogen-bond acceptors (Lipinski definition) is 3. The predicted molar refractivity (Wildman–Crippen MR) is 66.7 cm³/mol. The van der Waals surface area contributed by atoms with Gasteiger partial charge in [-0.2, -0.15) is 5.10 Å². The Labute approximate surface area is 105 Å². The van der Waals surface area contributed by atoms with Crippen LogP contribution in [-0.4, -0.2) is 33.3 Å². The van der Waals surface area contributed by atoms with Gasteiger partial charge in [0.2, 0.25) is 5.91 Å². The maximum absolute atomic E-state index is 11.5. The van der Waals surface area contributed by atoms with Crippen molar-refractivity contribution in [2.75, 3.05) is 6.54 Å². The minimum absolute atomic E-state index is 0.0819. The smallest absolute Gasteiger partial charge is 0.310 e. The summed E-state index contributed by atoms with van der Waals surface area (Å²) in [5.74, 6) is -1.27. The lowest BCUT2D eigenvalue weighted by atomic mass is 9.94. The number of rotatable bonds is 5. The molecule has 0 saturated heterocycles. The molecule has 0 atom stereocenters. The van der Waals surface area contributed by atoms with Gasteiger partial charge >= 0.3 is 5.97 Å². The minimum Gasteiger partial charge on any atom is -0.481 e. The van der Waals surface area contributed by atoms with Crippen LogP contribution in [0.5, 0.6) is 0 Å². The molecule has 0 radical (unpaired) electrons. The zero-order chi connectivity index (χ0) is 13.8. The highest BCUT2D eigenvalue weighted by atomic mass is 16.4. The fourth-order valence-corrected chi connectivity index (χ4v) is 1.14. The maximum atomic E-state index is 11.5. The lowest BCUT2D eigenvalue weighted by molar-refractivity contribution is -0.146. The summed E-state index contributed by atoms with van der Waals surface area (Å²) in [5.41, 5.74) is -0.164. The molecule has 0 unspecified atom stereocenters. The first kappa shape index (κ1) is 14.0. The molecule has 0 aliphatic rings. The molecule has 6 heteroatoms. The molecular formula is C12H17N3O3. The molecule has 98 valence electrons.